The summed E-state index contributed by atoms with van der Waals surface area (Å²) in [6.07, 6.45) is 2.31. The monoisotopic (exact) mass is 229 g/mol. The third kappa shape index (κ3) is 3.31. The van der Waals surface area contributed by atoms with E-state index >= 15 is 0 Å². The number of likely N-dealkylation sites (N-methyl/N-ethyl adjacent to an activating group) is 1. The summed E-state index contributed by atoms with van der Waals surface area (Å²) < 4.78 is 5.97. The first kappa shape index (κ1) is 12.7. The van der Waals surface area contributed by atoms with Crippen LogP contribution in [-0.2, 0) is 9.22 Å². The summed E-state index contributed by atoms with van der Waals surface area (Å²) >= 11 is 0. The van der Waals surface area contributed by atoms with Gasteiger partial charge in [-0.2, -0.15) is 0 Å². The van der Waals surface area contributed by atoms with Gasteiger partial charge in [0.15, 0.2) is 8.32 Å². The summed E-state index contributed by atoms with van der Waals surface area (Å²) in [5.41, 5.74) is 0. The first-order valence-electron chi connectivity index (χ1n) is 5.96. The molecule has 15 heavy (non-hydrogen) atoms. The summed E-state index contributed by atoms with van der Waals surface area (Å²) in [5.74, 6) is 0.189. The minimum Gasteiger partial charge on any atom is -0.404 e. The van der Waals surface area contributed by atoms with Crippen LogP contribution in [-0.4, -0.2) is 38.3 Å². The molecule has 0 N–H and O–H groups in total. The molecule has 1 fully saturated rings. The number of β-lactam (4-membered cyclic amide) rings is 1. The van der Waals surface area contributed by atoms with Crippen LogP contribution < -0.4 is 0 Å². The number of unbranched alkanes of at least 4 members (excludes halogenated alkanes) is 1. The molecule has 1 amide bonds. The highest BCUT2D eigenvalue weighted by Gasteiger charge is 2.40. The Morgan fingerprint density at radius 1 is 1.47 bits per heavy atom. The van der Waals surface area contributed by atoms with E-state index in [1.54, 1.807) is 0 Å². The Morgan fingerprint density at radius 2 is 2.13 bits per heavy atom. The molecule has 0 saturated carbocycles. The number of carbonyl (C=O) groups excluding carboxylic acids is 1. The van der Waals surface area contributed by atoms with Crippen molar-refractivity contribution in [2.45, 2.75) is 51.9 Å². The molecule has 0 aliphatic carbocycles. The molecule has 1 rings (SSSR count). The van der Waals surface area contributed by atoms with Crippen LogP contribution in [0.5, 0.6) is 0 Å². The molecule has 1 heterocycles. The highest BCUT2D eigenvalue weighted by atomic mass is 28.4. The lowest BCUT2D eigenvalue weighted by Crippen LogP contribution is -2.60. The normalized spacial score (nSPS) is 21.7. The fraction of sp³-hybridized carbons (Fsp3) is 0.909. The lowest BCUT2D eigenvalue weighted by molar-refractivity contribution is -0.153. The minimum absolute atomic E-state index is 0.122. The van der Waals surface area contributed by atoms with Gasteiger partial charge in [-0.1, -0.05) is 19.8 Å². The number of hydrogen-bond donors (Lipinski definition) is 0. The lowest BCUT2D eigenvalue weighted by atomic mass is 10.1. The predicted octanol–water partition coefficient (Wildman–Crippen LogP) is 2.24. The average molecular weight is 229 g/mol. The number of nitrogens with zero attached hydrogens (tertiary/aromatic N) is 1. The van der Waals surface area contributed by atoms with Gasteiger partial charge in [-0.15, -0.1) is 0 Å². The number of carbonyl (C=O) groups is 1. The third-order valence-electron chi connectivity index (χ3n) is 2.95. The summed E-state index contributed by atoms with van der Waals surface area (Å²) in [7, 11) is -1.59. The Balaban J connectivity index is 2.33. The van der Waals surface area contributed by atoms with E-state index < -0.39 is 8.32 Å². The van der Waals surface area contributed by atoms with Gasteiger partial charge in [-0.3, -0.25) is 4.79 Å². The molecule has 0 aromatic heterocycles. The Kier molecular flexibility index (Phi) is 4.34. The largest absolute Gasteiger partial charge is 0.404 e. The van der Waals surface area contributed by atoms with Gasteiger partial charge in [0.2, 0.25) is 0 Å². The number of rotatable bonds is 6. The molecule has 0 aromatic carbocycles. The molecule has 1 saturated heterocycles. The van der Waals surface area contributed by atoms with E-state index in [-0.39, 0.29) is 12.0 Å². The maximum atomic E-state index is 11.6. The van der Waals surface area contributed by atoms with E-state index in [4.69, 9.17) is 4.43 Å². The average Bonchev–Trinajstić information content (AvgIpc) is 2.20. The van der Waals surface area contributed by atoms with Gasteiger partial charge in [0, 0.05) is 6.54 Å². The van der Waals surface area contributed by atoms with Crippen molar-refractivity contribution in [3.63, 3.8) is 0 Å². The van der Waals surface area contributed by atoms with Crippen LogP contribution in [0.2, 0.25) is 19.1 Å². The Morgan fingerprint density at radius 3 is 2.60 bits per heavy atom. The second-order valence-electron chi connectivity index (χ2n) is 4.85. The zero-order valence-corrected chi connectivity index (χ0v) is 11.4. The Hall–Kier alpha value is -0.353. The van der Waals surface area contributed by atoms with E-state index in [0.717, 1.165) is 13.1 Å². The van der Waals surface area contributed by atoms with Crippen molar-refractivity contribution in [1.82, 2.24) is 4.90 Å². The fourth-order valence-electron chi connectivity index (χ4n) is 1.88. The van der Waals surface area contributed by atoms with Crippen molar-refractivity contribution in [1.29, 1.82) is 0 Å². The van der Waals surface area contributed by atoms with E-state index in [1.165, 1.54) is 18.9 Å². The van der Waals surface area contributed by atoms with E-state index in [2.05, 4.69) is 20.0 Å². The third-order valence-corrected chi connectivity index (χ3v) is 5.43. The maximum absolute atomic E-state index is 11.6. The molecule has 0 aromatic rings. The molecule has 4 heteroatoms. The second kappa shape index (κ2) is 5.12. The van der Waals surface area contributed by atoms with Gasteiger partial charge >= 0.3 is 0 Å². The topological polar surface area (TPSA) is 29.5 Å². The van der Waals surface area contributed by atoms with Gasteiger partial charge in [0.1, 0.15) is 6.10 Å². The summed E-state index contributed by atoms with van der Waals surface area (Å²) in [6, 6.07) is 1.17. The molecule has 1 atom stereocenters. The summed E-state index contributed by atoms with van der Waals surface area (Å²) in [5, 5.41) is 0. The first-order chi connectivity index (χ1) is 7.00. The van der Waals surface area contributed by atoms with Crippen LogP contribution in [0.4, 0.5) is 0 Å². The number of amides is 1. The molecule has 1 aliphatic heterocycles. The molecule has 0 bridgehead atoms. The highest BCUT2D eigenvalue weighted by Crippen LogP contribution is 2.22. The van der Waals surface area contributed by atoms with Gasteiger partial charge in [-0.25, -0.2) is 0 Å². The van der Waals surface area contributed by atoms with Crippen molar-refractivity contribution in [2.75, 3.05) is 13.1 Å². The SMILES string of the molecule is CCCC[Si](C)(C)OC1CN(CC)C1=O. The van der Waals surface area contributed by atoms with Crippen molar-refractivity contribution in [2.24, 2.45) is 0 Å². The number of hydrogen-bond acceptors (Lipinski definition) is 2. The molecule has 0 spiro atoms. The molecule has 1 unspecified atom stereocenters. The molecule has 0 radical (unpaired) electrons. The van der Waals surface area contributed by atoms with Crippen LogP contribution in [0.3, 0.4) is 0 Å². The van der Waals surface area contributed by atoms with E-state index in [1.807, 2.05) is 11.8 Å². The van der Waals surface area contributed by atoms with E-state index in [0.29, 0.717) is 0 Å². The maximum Gasteiger partial charge on any atom is 0.252 e. The molecule has 1 aliphatic rings. The van der Waals surface area contributed by atoms with Crippen LogP contribution >= 0.6 is 0 Å². The van der Waals surface area contributed by atoms with Crippen LogP contribution in [0.1, 0.15) is 26.7 Å². The second-order valence-corrected chi connectivity index (χ2v) is 9.10. The Labute approximate surface area is 93.9 Å². The van der Waals surface area contributed by atoms with Crippen molar-refractivity contribution >= 4 is 14.2 Å². The highest BCUT2D eigenvalue weighted by molar-refractivity contribution is 6.71. The summed E-state index contributed by atoms with van der Waals surface area (Å²) in [6.45, 7) is 10.2. The predicted molar refractivity (Wildman–Crippen MR) is 64.3 cm³/mol. The van der Waals surface area contributed by atoms with Crippen LogP contribution in [0.15, 0.2) is 0 Å². The minimum atomic E-state index is -1.59. The molecular weight excluding hydrogens is 206 g/mol. The molecule has 88 valence electrons. The zero-order valence-electron chi connectivity index (χ0n) is 10.4. The van der Waals surface area contributed by atoms with Crippen molar-refractivity contribution < 1.29 is 9.22 Å². The van der Waals surface area contributed by atoms with Gasteiger partial charge in [-0.05, 0) is 26.1 Å². The van der Waals surface area contributed by atoms with Crippen molar-refractivity contribution in [3.05, 3.63) is 0 Å². The quantitative estimate of drug-likeness (QED) is 0.516. The Bertz CT molecular complexity index is 231. The smallest absolute Gasteiger partial charge is 0.252 e. The zero-order chi connectivity index (χ0) is 11.5. The van der Waals surface area contributed by atoms with Crippen LogP contribution in [0, 0.1) is 0 Å². The molecular formula is C11H23NO2Si. The molecule has 3 nitrogen and oxygen atoms in total. The van der Waals surface area contributed by atoms with Crippen LogP contribution in [0.25, 0.3) is 0 Å². The lowest BCUT2D eigenvalue weighted by Gasteiger charge is -2.41. The fourth-order valence-corrected chi connectivity index (χ4v) is 4.15. The van der Waals surface area contributed by atoms with Gasteiger partial charge in [0.25, 0.3) is 5.91 Å². The van der Waals surface area contributed by atoms with Gasteiger partial charge < -0.3 is 9.33 Å². The van der Waals surface area contributed by atoms with Gasteiger partial charge in [0.05, 0.1) is 6.54 Å². The van der Waals surface area contributed by atoms with Crippen molar-refractivity contribution in [3.8, 4) is 0 Å². The standard InChI is InChI=1S/C11H23NO2Si/c1-5-7-8-15(3,4)14-10-9-12(6-2)11(10)13/h10H,5-9H2,1-4H3. The summed E-state index contributed by atoms with van der Waals surface area (Å²) in [4.78, 5) is 13.4. The first-order valence-corrected chi connectivity index (χ1v) is 9.08. The number of likely N-dealkylation sites (tertiary alicyclic amines) is 1. The van der Waals surface area contributed by atoms with E-state index in [9.17, 15) is 4.79 Å².